The number of hydrogen-bond acceptors (Lipinski definition) is 9. The Morgan fingerprint density at radius 3 is 2.39 bits per heavy atom. The molecule has 31 heavy (non-hydrogen) atoms. The zero-order valence-electron chi connectivity index (χ0n) is 17.6. The van der Waals surface area contributed by atoms with Crippen LogP contribution >= 0.6 is 0 Å². The number of carbonyl (C=O) groups is 2. The summed E-state index contributed by atoms with van der Waals surface area (Å²) >= 11 is 0. The van der Waals surface area contributed by atoms with Gasteiger partial charge in [0.25, 0.3) is 0 Å². The third-order valence-corrected chi connectivity index (χ3v) is 5.69. The van der Waals surface area contributed by atoms with Gasteiger partial charge in [-0.3, -0.25) is 4.79 Å². The lowest BCUT2D eigenvalue weighted by molar-refractivity contribution is -0.359. The van der Waals surface area contributed by atoms with E-state index in [-0.39, 0.29) is 12.7 Å². The van der Waals surface area contributed by atoms with Crippen LogP contribution in [0.4, 0.5) is 4.79 Å². The van der Waals surface area contributed by atoms with Gasteiger partial charge < -0.3 is 33.2 Å². The van der Waals surface area contributed by atoms with E-state index in [0.29, 0.717) is 0 Å². The normalized spacial score (nSPS) is 33.4. The molecule has 6 atom stereocenters. The Morgan fingerprint density at radius 2 is 1.71 bits per heavy atom. The van der Waals surface area contributed by atoms with Crippen LogP contribution in [0.5, 0.6) is 0 Å². The molecule has 3 fully saturated rings. The molecule has 0 bridgehead atoms. The minimum absolute atomic E-state index is 0.167. The van der Waals surface area contributed by atoms with E-state index in [1.807, 2.05) is 30.3 Å². The molecular weight excluding hydrogens is 408 g/mol. The number of methoxy groups -OCH3 is 1. The van der Waals surface area contributed by atoms with Crippen LogP contribution < -0.4 is 0 Å². The van der Waals surface area contributed by atoms with Crippen molar-refractivity contribution in [1.82, 2.24) is 0 Å². The fourth-order valence-electron chi connectivity index (χ4n) is 4.25. The predicted octanol–water partition coefficient (Wildman–Crippen LogP) is 2.87. The van der Waals surface area contributed by atoms with Gasteiger partial charge in [-0.2, -0.15) is 0 Å². The van der Waals surface area contributed by atoms with E-state index in [2.05, 4.69) is 0 Å². The van der Waals surface area contributed by atoms with Crippen LogP contribution in [0.15, 0.2) is 30.3 Å². The van der Waals surface area contributed by atoms with Crippen molar-refractivity contribution in [2.45, 2.75) is 75.7 Å². The van der Waals surface area contributed by atoms with Crippen molar-refractivity contribution in [1.29, 1.82) is 0 Å². The highest BCUT2D eigenvalue weighted by molar-refractivity contribution is 5.66. The van der Waals surface area contributed by atoms with Gasteiger partial charge in [-0.15, -0.1) is 0 Å². The van der Waals surface area contributed by atoms with E-state index in [1.165, 1.54) is 14.0 Å². The van der Waals surface area contributed by atoms with E-state index < -0.39 is 49.1 Å². The first-order valence-electron chi connectivity index (χ1n) is 10.6. The zero-order valence-corrected chi connectivity index (χ0v) is 17.6. The fourth-order valence-corrected chi connectivity index (χ4v) is 4.25. The van der Waals surface area contributed by atoms with Gasteiger partial charge in [0.05, 0.1) is 6.61 Å². The first-order chi connectivity index (χ1) is 15.0. The molecule has 9 nitrogen and oxygen atoms in total. The molecule has 0 spiro atoms. The van der Waals surface area contributed by atoms with Crippen LogP contribution in [0, 0.1) is 0 Å². The summed E-state index contributed by atoms with van der Waals surface area (Å²) in [5.41, 5.74) is 0.814. The maximum absolute atomic E-state index is 12.4. The lowest BCUT2D eigenvalue weighted by Crippen LogP contribution is -2.64. The summed E-state index contributed by atoms with van der Waals surface area (Å²) in [4.78, 5) is 24.3. The number of ether oxygens (including phenoxy) is 7. The molecule has 2 heterocycles. The highest BCUT2D eigenvalue weighted by Crippen LogP contribution is 2.37. The van der Waals surface area contributed by atoms with Gasteiger partial charge in [-0.25, -0.2) is 4.79 Å². The molecule has 0 N–H and O–H groups in total. The Labute approximate surface area is 180 Å². The van der Waals surface area contributed by atoms with Crippen molar-refractivity contribution in [2.24, 2.45) is 0 Å². The zero-order chi connectivity index (χ0) is 21.8. The minimum Gasteiger partial charge on any atom is -0.455 e. The minimum atomic E-state index is -1.06. The number of fused-ring (bicyclic) bond motifs is 1. The number of hydrogen-bond donors (Lipinski definition) is 0. The standard InChI is InChI=1S/C22H28O9/c1-13(23)27-18-17-16(12-26-20(30-17)14-8-4-3-5-9-14)29-21(25-2)19(18)31-22(24)28-15-10-6-7-11-15/h3-5,8-9,15-21H,6-7,10-12H2,1-2H3/t16-,17-,18+,19-,20?,21+/m1/s1. The van der Waals surface area contributed by atoms with Gasteiger partial charge in [0.1, 0.15) is 18.3 Å². The summed E-state index contributed by atoms with van der Waals surface area (Å²) in [6, 6.07) is 9.40. The maximum Gasteiger partial charge on any atom is 0.509 e. The largest absolute Gasteiger partial charge is 0.509 e. The van der Waals surface area contributed by atoms with Crippen LogP contribution in [0.2, 0.25) is 0 Å². The summed E-state index contributed by atoms with van der Waals surface area (Å²) in [5, 5.41) is 0. The predicted molar refractivity (Wildman–Crippen MR) is 105 cm³/mol. The molecule has 1 aliphatic carbocycles. The van der Waals surface area contributed by atoms with Crippen molar-refractivity contribution in [2.75, 3.05) is 13.7 Å². The second-order valence-corrected chi connectivity index (χ2v) is 7.89. The third-order valence-electron chi connectivity index (χ3n) is 5.69. The lowest BCUT2D eigenvalue weighted by Gasteiger charge is -2.47. The molecule has 1 unspecified atom stereocenters. The highest BCUT2D eigenvalue weighted by Gasteiger charge is 2.54. The molecular formula is C22H28O9. The molecule has 2 aliphatic heterocycles. The second-order valence-electron chi connectivity index (χ2n) is 7.89. The Kier molecular flexibility index (Phi) is 7.06. The summed E-state index contributed by atoms with van der Waals surface area (Å²) in [5.74, 6) is -0.537. The molecule has 9 heteroatoms. The van der Waals surface area contributed by atoms with Gasteiger partial charge in [-0.1, -0.05) is 30.3 Å². The van der Waals surface area contributed by atoms with Crippen LogP contribution in [0.25, 0.3) is 0 Å². The van der Waals surface area contributed by atoms with Gasteiger partial charge in [-0.05, 0) is 25.7 Å². The van der Waals surface area contributed by atoms with Crippen molar-refractivity contribution in [3.05, 3.63) is 35.9 Å². The van der Waals surface area contributed by atoms with Crippen LogP contribution in [-0.2, 0) is 38.0 Å². The second kappa shape index (κ2) is 9.95. The van der Waals surface area contributed by atoms with Gasteiger partial charge >= 0.3 is 12.1 Å². The fraction of sp³-hybridized carbons (Fsp3) is 0.636. The number of carbonyl (C=O) groups excluding carboxylic acids is 2. The third kappa shape index (κ3) is 5.17. The Hall–Kier alpha value is -2.20. The Morgan fingerprint density at radius 1 is 0.968 bits per heavy atom. The summed E-state index contributed by atoms with van der Waals surface area (Å²) in [6.07, 6.45) is -2.31. The van der Waals surface area contributed by atoms with E-state index in [0.717, 1.165) is 31.2 Å². The average Bonchev–Trinajstić information content (AvgIpc) is 3.28. The lowest BCUT2D eigenvalue weighted by atomic mass is 9.97. The molecule has 1 aromatic carbocycles. The first kappa shape index (κ1) is 22.0. The average molecular weight is 436 g/mol. The van der Waals surface area contributed by atoms with Gasteiger partial charge in [0, 0.05) is 19.6 Å². The quantitative estimate of drug-likeness (QED) is 0.645. The Bertz CT molecular complexity index is 749. The molecule has 1 saturated carbocycles. The van der Waals surface area contributed by atoms with Crippen LogP contribution in [0.3, 0.4) is 0 Å². The van der Waals surface area contributed by atoms with E-state index in [1.54, 1.807) is 0 Å². The van der Waals surface area contributed by atoms with Gasteiger partial charge in [0.2, 0.25) is 0 Å². The summed E-state index contributed by atoms with van der Waals surface area (Å²) in [7, 11) is 1.42. The summed E-state index contributed by atoms with van der Waals surface area (Å²) in [6.45, 7) is 1.48. The van der Waals surface area contributed by atoms with Crippen molar-refractivity contribution >= 4 is 12.1 Å². The van der Waals surface area contributed by atoms with E-state index in [9.17, 15) is 9.59 Å². The molecule has 4 rings (SSSR count). The molecule has 0 radical (unpaired) electrons. The molecule has 3 aliphatic rings. The SMILES string of the molecule is CO[C@H]1O[C@@H]2COC(c3ccccc3)O[C@H]2[C@H](OC(C)=O)[C@H]1OC(=O)OC1CCCC1. The molecule has 2 saturated heterocycles. The van der Waals surface area contributed by atoms with Crippen molar-refractivity contribution < 1.29 is 42.7 Å². The maximum atomic E-state index is 12.4. The number of benzene rings is 1. The van der Waals surface area contributed by atoms with Gasteiger partial charge in [0.15, 0.2) is 24.8 Å². The van der Waals surface area contributed by atoms with Crippen molar-refractivity contribution in [3.63, 3.8) is 0 Å². The molecule has 1 aromatic rings. The molecule has 170 valence electrons. The number of rotatable bonds is 5. The molecule has 0 amide bonds. The van der Waals surface area contributed by atoms with Crippen LogP contribution in [-0.4, -0.2) is 62.7 Å². The van der Waals surface area contributed by atoms with E-state index in [4.69, 9.17) is 33.2 Å². The summed E-state index contributed by atoms with van der Waals surface area (Å²) < 4.78 is 39.7. The molecule has 0 aromatic heterocycles. The van der Waals surface area contributed by atoms with Crippen LogP contribution in [0.1, 0.15) is 44.5 Å². The number of esters is 1. The first-order valence-corrected chi connectivity index (χ1v) is 10.6. The highest BCUT2D eigenvalue weighted by atomic mass is 16.8. The monoisotopic (exact) mass is 436 g/mol. The Balaban J connectivity index is 1.52. The smallest absolute Gasteiger partial charge is 0.455 e. The van der Waals surface area contributed by atoms with E-state index >= 15 is 0 Å². The van der Waals surface area contributed by atoms with Crippen molar-refractivity contribution in [3.8, 4) is 0 Å². The topological polar surface area (TPSA) is 98.8 Å².